The lowest BCUT2D eigenvalue weighted by Gasteiger charge is -2.19. The largest absolute Gasteiger partial charge is 0.481 e. The third-order valence-electron chi connectivity index (χ3n) is 3.33. The number of hydrogen-bond donors (Lipinski definition) is 2. The summed E-state index contributed by atoms with van der Waals surface area (Å²) in [7, 11) is -0.691. The van der Waals surface area contributed by atoms with E-state index in [2.05, 4.69) is 4.72 Å². The van der Waals surface area contributed by atoms with E-state index in [0.29, 0.717) is 0 Å². The highest BCUT2D eigenvalue weighted by Crippen LogP contribution is 2.12. The second kappa shape index (κ2) is 8.76. The molecule has 0 aliphatic carbocycles. The maximum absolute atomic E-state index is 12.2. The van der Waals surface area contributed by atoms with Crippen molar-refractivity contribution in [3.8, 4) is 0 Å². The number of nitrogens with zero attached hydrogens (tertiary/aromatic N) is 1. The van der Waals surface area contributed by atoms with Gasteiger partial charge in [-0.15, -0.1) is 0 Å². The van der Waals surface area contributed by atoms with E-state index in [1.807, 2.05) is 0 Å². The Morgan fingerprint density at radius 2 is 1.88 bits per heavy atom. The van der Waals surface area contributed by atoms with Gasteiger partial charge in [0.2, 0.25) is 10.0 Å². The van der Waals surface area contributed by atoms with Gasteiger partial charge in [-0.25, -0.2) is 13.1 Å². The van der Waals surface area contributed by atoms with E-state index in [1.54, 1.807) is 0 Å². The Labute approximate surface area is 141 Å². The lowest BCUT2D eigenvalue weighted by atomic mass is 10.1. The number of benzene rings is 1. The summed E-state index contributed by atoms with van der Waals surface area (Å²) >= 11 is 0. The van der Waals surface area contributed by atoms with Crippen LogP contribution in [0.3, 0.4) is 0 Å². The van der Waals surface area contributed by atoms with E-state index in [-0.39, 0.29) is 36.1 Å². The van der Waals surface area contributed by atoms with Gasteiger partial charge in [0.15, 0.2) is 0 Å². The van der Waals surface area contributed by atoms with E-state index in [0.717, 1.165) is 0 Å². The molecule has 1 amide bonds. The molecule has 1 rings (SSSR count). The van der Waals surface area contributed by atoms with Crippen molar-refractivity contribution in [1.29, 1.82) is 0 Å². The number of carboxylic acid groups (broad SMARTS) is 1. The van der Waals surface area contributed by atoms with Crippen LogP contribution in [0.5, 0.6) is 0 Å². The summed E-state index contributed by atoms with van der Waals surface area (Å²) in [6, 6.07) is 5.46. The highest BCUT2D eigenvalue weighted by molar-refractivity contribution is 7.89. The van der Waals surface area contributed by atoms with Crippen LogP contribution in [0.1, 0.15) is 17.3 Å². The first-order chi connectivity index (χ1) is 11.2. The van der Waals surface area contributed by atoms with E-state index in [9.17, 15) is 18.0 Å². The number of methoxy groups -OCH3 is 1. The van der Waals surface area contributed by atoms with Crippen LogP contribution in [-0.2, 0) is 19.6 Å². The number of ether oxygens (including phenoxy) is 1. The number of amides is 1. The molecule has 0 heterocycles. The van der Waals surface area contributed by atoms with Crippen molar-refractivity contribution < 1.29 is 27.9 Å². The number of aliphatic carboxylic acids is 1. The first-order valence-electron chi connectivity index (χ1n) is 7.26. The Hall–Kier alpha value is -1.97. The van der Waals surface area contributed by atoms with E-state index in [1.165, 1.54) is 50.2 Å². The molecule has 0 aromatic heterocycles. The van der Waals surface area contributed by atoms with Crippen LogP contribution in [0.25, 0.3) is 0 Å². The van der Waals surface area contributed by atoms with Crippen LogP contribution < -0.4 is 4.72 Å². The van der Waals surface area contributed by atoms with Gasteiger partial charge in [0.05, 0.1) is 17.4 Å². The second-order valence-electron chi connectivity index (χ2n) is 5.34. The number of carbonyl (C=O) groups is 2. The summed E-state index contributed by atoms with van der Waals surface area (Å²) in [6.07, 6.45) is 0. The molecule has 9 heteroatoms. The zero-order chi connectivity index (χ0) is 18.3. The molecule has 1 aromatic carbocycles. The molecule has 1 unspecified atom stereocenters. The third-order valence-corrected chi connectivity index (χ3v) is 4.80. The van der Waals surface area contributed by atoms with E-state index >= 15 is 0 Å². The zero-order valence-electron chi connectivity index (χ0n) is 13.9. The molecule has 24 heavy (non-hydrogen) atoms. The Bertz CT molecular complexity index is 672. The van der Waals surface area contributed by atoms with Gasteiger partial charge >= 0.3 is 5.97 Å². The average Bonchev–Trinajstić information content (AvgIpc) is 2.54. The van der Waals surface area contributed by atoms with Gasteiger partial charge in [-0.3, -0.25) is 9.59 Å². The molecule has 8 nitrogen and oxygen atoms in total. The Morgan fingerprint density at radius 1 is 1.29 bits per heavy atom. The van der Waals surface area contributed by atoms with Crippen molar-refractivity contribution in [2.75, 3.05) is 33.9 Å². The minimum Gasteiger partial charge on any atom is -0.481 e. The summed E-state index contributed by atoms with van der Waals surface area (Å²) in [5.74, 6) is -2.05. The van der Waals surface area contributed by atoms with Crippen LogP contribution >= 0.6 is 0 Å². The number of sulfonamides is 1. The molecule has 0 bridgehead atoms. The van der Waals surface area contributed by atoms with Gasteiger partial charge in [-0.1, -0.05) is 6.92 Å². The molecule has 134 valence electrons. The third kappa shape index (κ3) is 5.59. The maximum Gasteiger partial charge on any atom is 0.308 e. The predicted molar refractivity (Wildman–Crippen MR) is 87.3 cm³/mol. The van der Waals surface area contributed by atoms with Crippen molar-refractivity contribution in [2.24, 2.45) is 5.92 Å². The van der Waals surface area contributed by atoms with Gasteiger partial charge < -0.3 is 14.7 Å². The summed E-state index contributed by atoms with van der Waals surface area (Å²) in [5, 5.41) is 8.88. The van der Waals surface area contributed by atoms with Gasteiger partial charge in [-0.05, 0) is 24.3 Å². The molecule has 2 N–H and O–H groups in total. The van der Waals surface area contributed by atoms with Gasteiger partial charge in [0.1, 0.15) is 0 Å². The van der Waals surface area contributed by atoms with Crippen LogP contribution in [0.2, 0.25) is 0 Å². The lowest BCUT2D eigenvalue weighted by Crippen LogP contribution is -2.33. The van der Waals surface area contributed by atoms with E-state index in [4.69, 9.17) is 9.84 Å². The lowest BCUT2D eigenvalue weighted by molar-refractivity contribution is -0.141. The highest BCUT2D eigenvalue weighted by Gasteiger charge is 2.19. The normalized spacial score (nSPS) is 12.6. The van der Waals surface area contributed by atoms with Crippen LogP contribution in [0, 0.1) is 5.92 Å². The van der Waals surface area contributed by atoms with Gasteiger partial charge in [0, 0.05) is 32.8 Å². The summed E-state index contributed by atoms with van der Waals surface area (Å²) < 4.78 is 31.2. The maximum atomic E-state index is 12.2. The van der Waals surface area contributed by atoms with Gasteiger partial charge in [-0.2, -0.15) is 0 Å². The molecule has 0 aliphatic rings. The minimum atomic E-state index is -3.66. The molecule has 0 aliphatic heterocycles. The Balaban J connectivity index is 2.79. The topological polar surface area (TPSA) is 113 Å². The number of carbonyl (C=O) groups excluding carboxylic acids is 1. The molecule has 0 spiro atoms. The fraction of sp³-hybridized carbons (Fsp3) is 0.467. The first kappa shape index (κ1) is 20.1. The number of rotatable bonds is 9. The molecule has 1 aromatic rings. The molecular formula is C15H22N2O6S. The van der Waals surface area contributed by atoms with Gasteiger partial charge in [0.25, 0.3) is 5.91 Å². The molecule has 0 radical (unpaired) electrons. The first-order valence-corrected chi connectivity index (χ1v) is 8.74. The fourth-order valence-electron chi connectivity index (χ4n) is 1.93. The Kier molecular flexibility index (Phi) is 7.33. The quantitative estimate of drug-likeness (QED) is 0.618. The molecule has 0 saturated heterocycles. The summed E-state index contributed by atoms with van der Waals surface area (Å²) in [5.41, 5.74) is 0.283. The second-order valence-corrected chi connectivity index (χ2v) is 7.11. The number of hydrogen-bond acceptors (Lipinski definition) is 5. The molecule has 1 atom stereocenters. The summed E-state index contributed by atoms with van der Waals surface area (Å²) in [6.45, 7) is 1.97. The van der Waals surface area contributed by atoms with Crippen LogP contribution in [0.15, 0.2) is 29.2 Å². The number of carboxylic acids is 1. The SMILES string of the molecule is COCCNS(=O)(=O)c1ccc(C(=O)N(C)CC(C)C(=O)O)cc1. The minimum absolute atomic E-state index is 0.0386. The standard InChI is InChI=1S/C15H22N2O6S/c1-11(15(19)20)10-17(2)14(18)12-4-6-13(7-5-12)24(21,22)16-8-9-23-3/h4-7,11,16H,8-10H2,1-3H3,(H,19,20). The van der Waals surface area contributed by atoms with Crippen molar-refractivity contribution in [3.05, 3.63) is 29.8 Å². The Morgan fingerprint density at radius 3 is 2.38 bits per heavy atom. The molecular weight excluding hydrogens is 336 g/mol. The fourth-order valence-corrected chi connectivity index (χ4v) is 2.94. The monoisotopic (exact) mass is 358 g/mol. The van der Waals surface area contributed by atoms with Crippen molar-refractivity contribution in [3.63, 3.8) is 0 Å². The predicted octanol–water partition coefficient (Wildman–Crippen LogP) is 0.404. The smallest absolute Gasteiger partial charge is 0.308 e. The average molecular weight is 358 g/mol. The van der Waals surface area contributed by atoms with Crippen molar-refractivity contribution in [2.45, 2.75) is 11.8 Å². The van der Waals surface area contributed by atoms with Crippen LogP contribution in [0.4, 0.5) is 0 Å². The van der Waals surface area contributed by atoms with Crippen molar-refractivity contribution >= 4 is 21.9 Å². The molecule has 0 fully saturated rings. The molecule has 0 saturated carbocycles. The van der Waals surface area contributed by atoms with E-state index < -0.39 is 21.9 Å². The highest BCUT2D eigenvalue weighted by atomic mass is 32.2. The summed E-state index contributed by atoms with van der Waals surface area (Å²) in [4.78, 5) is 24.4. The zero-order valence-corrected chi connectivity index (χ0v) is 14.7. The number of nitrogens with one attached hydrogen (secondary N) is 1. The van der Waals surface area contributed by atoms with Crippen LogP contribution in [-0.4, -0.2) is 64.2 Å². The van der Waals surface area contributed by atoms with Crippen molar-refractivity contribution in [1.82, 2.24) is 9.62 Å².